The number of rotatable bonds is 6. The van der Waals surface area contributed by atoms with E-state index in [4.69, 9.17) is 11.6 Å². The van der Waals surface area contributed by atoms with Gasteiger partial charge in [-0.05, 0) is 60.2 Å². The average molecular weight is 466 g/mol. The second kappa shape index (κ2) is 8.80. The molecule has 162 valence electrons. The van der Waals surface area contributed by atoms with E-state index in [0.717, 1.165) is 30.5 Å². The van der Waals surface area contributed by atoms with Crippen LogP contribution in [0.5, 0.6) is 0 Å². The van der Waals surface area contributed by atoms with Gasteiger partial charge in [0.25, 0.3) is 0 Å². The van der Waals surface area contributed by atoms with Gasteiger partial charge in [0.1, 0.15) is 11.6 Å². The predicted octanol–water partition coefficient (Wildman–Crippen LogP) is 3.96. The maximum absolute atomic E-state index is 12.8. The lowest BCUT2D eigenvalue weighted by Gasteiger charge is -2.07. The van der Waals surface area contributed by atoms with Crippen LogP contribution in [-0.4, -0.2) is 25.1 Å². The quantitative estimate of drug-likeness (QED) is 0.436. The first kappa shape index (κ1) is 20.8. The van der Waals surface area contributed by atoms with Crippen LogP contribution >= 0.6 is 23.4 Å². The number of halogens is 1. The lowest BCUT2D eigenvalue weighted by atomic mass is 10.1. The third kappa shape index (κ3) is 4.28. The summed E-state index contributed by atoms with van der Waals surface area (Å²) in [6.07, 6.45) is 6.40. The summed E-state index contributed by atoms with van der Waals surface area (Å²) in [5.74, 6) is 0.362. The summed E-state index contributed by atoms with van der Waals surface area (Å²) in [5.41, 5.74) is 4.51. The van der Waals surface area contributed by atoms with Gasteiger partial charge in [0.05, 0.1) is 0 Å². The number of aryl methyl sites for hydroxylation is 2. The van der Waals surface area contributed by atoms with Crippen LogP contribution in [0.4, 0.5) is 5.69 Å². The van der Waals surface area contributed by atoms with Crippen molar-refractivity contribution < 1.29 is 4.79 Å². The summed E-state index contributed by atoms with van der Waals surface area (Å²) in [7, 11) is 0. The van der Waals surface area contributed by atoms with Gasteiger partial charge in [-0.3, -0.25) is 4.79 Å². The number of nitrogens with one attached hydrogen (secondary N) is 1. The van der Waals surface area contributed by atoms with Gasteiger partial charge in [-0.15, -0.1) is 5.10 Å². The second-order valence-corrected chi connectivity index (χ2v) is 9.07. The number of benzene rings is 2. The first-order valence-corrected chi connectivity index (χ1v) is 11.7. The molecule has 2 aromatic carbocycles. The molecule has 2 heterocycles. The molecule has 4 aromatic rings. The Kier molecular flexibility index (Phi) is 5.71. The Morgan fingerprint density at radius 3 is 2.78 bits per heavy atom. The van der Waals surface area contributed by atoms with Crippen molar-refractivity contribution in [3.8, 4) is 0 Å². The van der Waals surface area contributed by atoms with E-state index in [1.54, 1.807) is 12.4 Å². The summed E-state index contributed by atoms with van der Waals surface area (Å²) in [4.78, 5) is 29.7. The van der Waals surface area contributed by atoms with Crippen molar-refractivity contribution in [1.82, 2.24) is 19.2 Å². The van der Waals surface area contributed by atoms with Gasteiger partial charge < -0.3 is 5.32 Å². The standard InChI is InChI=1S/C23H20ClN5O2S/c24-18-7-4-15(5-8-18)14-32-22-21-27-29(23(31)28(21)11-10-25-22)13-20(30)26-19-9-6-16-2-1-3-17(16)12-19/h4-12H,1-3,13-14H2,(H,26,30). The van der Waals surface area contributed by atoms with Gasteiger partial charge in [0.15, 0.2) is 5.65 Å². The highest BCUT2D eigenvalue weighted by atomic mass is 35.5. The number of hydrogen-bond donors (Lipinski definition) is 1. The van der Waals surface area contributed by atoms with Crippen molar-refractivity contribution in [2.45, 2.75) is 36.6 Å². The summed E-state index contributed by atoms with van der Waals surface area (Å²) >= 11 is 7.42. The van der Waals surface area contributed by atoms with Crippen LogP contribution in [0.2, 0.25) is 5.02 Å². The molecule has 1 aliphatic rings. The topological polar surface area (TPSA) is 81.3 Å². The third-order valence-electron chi connectivity index (χ3n) is 5.43. The van der Waals surface area contributed by atoms with E-state index >= 15 is 0 Å². The minimum Gasteiger partial charge on any atom is -0.324 e. The van der Waals surface area contributed by atoms with E-state index in [2.05, 4.69) is 21.5 Å². The van der Waals surface area contributed by atoms with Crippen LogP contribution in [0.25, 0.3) is 5.65 Å². The molecule has 0 radical (unpaired) electrons. The van der Waals surface area contributed by atoms with Crippen molar-refractivity contribution in [3.63, 3.8) is 0 Å². The van der Waals surface area contributed by atoms with Gasteiger partial charge in [-0.2, -0.15) is 0 Å². The maximum atomic E-state index is 12.8. The maximum Gasteiger partial charge on any atom is 0.350 e. The number of amides is 1. The summed E-state index contributed by atoms with van der Waals surface area (Å²) in [5, 5.41) is 8.56. The number of carbonyl (C=O) groups is 1. The van der Waals surface area contributed by atoms with Crippen molar-refractivity contribution in [2.24, 2.45) is 0 Å². The molecule has 0 unspecified atom stereocenters. The summed E-state index contributed by atoms with van der Waals surface area (Å²) in [6.45, 7) is -0.168. The molecule has 9 heteroatoms. The van der Waals surface area contributed by atoms with Gasteiger partial charge in [0, 0.05) is 28.9 Å². The molecule has 1 N–H and O–H groups in total. The molecule has 1 aliphatic carbocycles. The fourth-order valence-electron chi connectivity index (χ4n) is 3.85. The highest BCUT2D eigenvalue weighted by molar-refractivity contribution is 7.98. The lowest BCUT2D eigenvalue weighted by Crippen LogP contribution is -2.28. The molecule has 0 saturated carbocycles. The van der Waals surface area contributed by atoms with Crippen molar-refractivity contribution >= 4 is 40.6 Å². The first-order chi connectivity index (χ1) is 15.6. The number of fused-ring (bicyclic) bond motifs is 2. The number of aromatic nitrogens is 4. The molecule has 7 nitrogen and oxygen atoms in total. The highest BCUT2D eigenvalue weighted by Crippen LogP contribution is 2.25. The molecule has 2 aromatic heterocycles. The number of thioether (sulfide) groups is 1. The number of carbonyl (C=O) groups excluding carboxylic acids is 1. The van der Waals surface area contributed by atoms with Gasteiger partial charge in [0.2, 0.25) is 5.91 Å². The SMILES string of the molecule is O=C(Cn1nc2c(SCc3ccc(Cl)cc3)nccn2c1=O)Nc1ccc2c(c1)CCC2. The fourth-order valence-corrected chi connectivity index (χ4v) is 4.87. The van der Waals surface area contributed by atoms with Gasteiger partial charge >= 0.3 is 5.69 Å². The predicted molar refractivity (Wildman–Crippen MR) is 125 cm³/mol. The molecule has 0 fully saturated rings. The molecule has 5 rings (SSSR count). The Bertz CT molecular complexity index is 1360. The minimum absolute atomic E-state index is 0.168. The van der Waals surface area contributed by atoms with Gasteiger partial charge in [-0.1, -0.05) is 41.6 Å². The normalized spacial score (nSPS) is 12.8. The molecule has 0 aliphatic heterocycles. The Balaban J connectivity index is 1.32. The molecule has 0 saturated heterocycles. The average Bonchev–Trinajstić information content (AvgIpc) is 3.38. The summed E-state index contributed by atoms with van der Waals surface area (Å²) < 4.78 is 2.59. The fraction of sp³-hybridized carbons (Fsp3) is 0.217. The van der Waals surface area contributed by atoms with Crippen LogP contribution in [0.1, 0.15) is 23.1 Å². The van der Waals surface area contributed by atoms with Crippen molar-refractivity contribution in [1.29, 1.82) is 0 Å². The van der Waals surface area contributed by atoms with E-state index in [9.17, 15) is 9.59 Å². The van der Waals surface area contributed by atoms with E-state index in [1.807, 2.05) is 36.4 Å². The lowest BCUT2D eigenvalue weighted by molar-refractivity contribution is -0.117. The second-order valence-electron chi connectivity index (χ2n) is 7.67. The zero-order valence-corrected chi connectivity index (χ0v) is 18.7. The summed E-state index contributed by atoms with van der Waals surface area (Å²) in [6, 6.07) is 13.6. The molecule has 1 amide bonds. The zero-order valence-electron chi connectivity index (χ0n) is 17.1. The molecule has 32 heavy (non-hydrogen) atoms. The van der Waals surface area contributed by atoms with Crippen LogP contribution in [0, 0.1) is 0 Å². The monoisotopic (exact) mass is 465 g/mol. The van der Waals surface area contributed by atoms with E-state index in [0.29, 0.717) is 21.4 Å². The van der Waals surface area contributed by atoms with E-state index < -0.39 is 0 Å². The first-order valence-electron chi connectivity index (χ1n) is 10.3. The van der Waals surface area contributed by atoms with E-state index in [-0.39, 0.29) is 18.1 Å². The van der Waals surface area contributed by atoms with E-state index in [1.165, 1.54) is 32.0 Å². The largest absolute Gasteiger partial charge is 0.350 e. The number of anilines is 1. The number of nitrogens with zero attached hydrogens (tertiary/aromatic N) is 4. The van der Waals surface area contributed by atoms with Crippen molar-refractivity contribution in [2.75, 3.05) is 5.32 Å². The molecular weight excluding hydrogens is 446 g/mol. The van der Waals surface area contributed by atoms with Crippen LogP contribution in [0.3, 0.4) is 0 Å². The Morgan fingerprint density at radius 2 is 1.94 bits per heavy atom. The Morgan fingerprint density at radius 1 is 1.12 bits per heavy atom. The highest BCUT2D eigenvalue weighted by Gasteiger charge is 2.16. The Labute approximate surface area is 193 Å². The van der Waals surface area contributed by atoms with Crippen molar-refractivity contribution in [3.05, 3.63) is 87.1 Å². The number of hydrogen-bond acceptors (Lipinski definition) is 5. The zero-order chi connectivity index (χ0) is 22.1. The molecule has 0 atom stereocenters. The van der Waals surface area contributed by atoms with Crippen LogP contribution < -0.4 is 11.0 Å². The molecule has 0 spiro atoms. The molecule has 0 bridgehead atoms. The third-order valence-corrected chi connectivity index (χ3v) is 6.72. The Hall–Kier alpha value is -3.10. The van der Waals surface area contributed by atoms with Crippen LogP contribution in [-0.2, 0) is 29.9 Å². The van der Waals surface area contributed by atoms with Crippen LogP contribution in [0.15, 0.2) is 64.7 Å². The van der Waals surface area contributed by atoms with Gasteiger partial charge in [-0.25, -0.2) is 18.9 Å². The molecular formula is C23H20ClN5O2S. The minimum atomic E-state index is -0.375. The smallest absolute Gasteiger partial charge is 0.324 e.